The number of aromatic nitrogens is 4. The van der Waals surface area contributed by atoms with Crippen molar-refractivity contribution in [3.8, 4) is 0 Å². The van der Waals surface area contributed by atoms with Crippen LogP contribution < -0.4 is 15.7 Å². The maximum absolute atomic E-state index is 11.5. The van der Waals surface area contributed by atoms with Crippen molar-refractivity contribution in [3.05, 3.63) is 66.7 Å². The van der Waals surface area contributed by atoms with Gasteiger partial charge in [0.05, 0.1) is 16.0 Å². The van der Waals surface area contributed by atoms with E-state index in [9.17, 15) is 19.7 Å². The maximum Gasteiger partial charge on any atom is 0.314 e. The molecule has 22 heavy (non-hydrogen) atoms. The molecule has 0 spiro atoms. The SMILES string of the molecule is Cc1[nH]cc[n+]1Cc1cc([N+](=O)[O-])cc2[nH]c(=O)c(=O)[nH]c12. The minimum atomic E-state index is -0.843. The zero-order chi connectivity index (χ0) is 15.9. The number of nitro groups is 1. The number of aryl methyl sites for hydroxylation is 1. The molecule has 9 heteroatoms. The zero-order valence-corrected chi connectivity index (χ0v) is 11.5. The molecule has 112 valence electrons. The van der Waals surface area contributed by atoms with Gasteiger partial charge in [-0.1, -0.05) is 0 Å². The third-order valence-electron chi connectivity index (χ3n) is 3.43. The molecule has 0 amide bonds. The van der Waals surface area contributed by atoms with Crippen molar-refractivity contribution in [2.75, 3.05) is 0 Å². The predicted octanol–water partition coefficient (Wildman–Crippen LogP) is 0.0969. The number of nitro benzene ring substituents is 1. The largest absolute Gasteiger partial charge is 0.316 e. The Labute approximate surface area is 122 Å². The van der Waals surface area contributed by atoms with Gasteiger partial charge < -0.3 is 9.97 Å². The number of benzene rings is 1. The summed E-state index contributed by atoms with van der Waals surface area (Å²) in [6.07, 6.45) is 3.52. The van der Waals surface area contributed by atoms with Crippen LogP contribution >= 0.6 is 0 Å². The first-order valence-electron chi connectivity index (χ1n) is 6.43. The van der Waals surface area contributed by atoms with Crippen LogP contribution in [-0.4, -0.2) is 19.9 Å². The molecule has 0 saturated carbocycles. The highest BCUT2D eigenvalue weighted by Crippen LogP contribution is 2.21. The number of hydrogen-bond donors (Lipinski definition) is 3. The van der Waals surface area contributed by atoms with E-state index in [1.54, 1.807) is 12.4 Å². The summed E-state index contributed by atoms with van der Waals surface area (Å²) in [6.45, 7) is 2.17. The van der Waals surface area contributed by atoms with Crippen LogP contribution in [0.1, 0.15) is 11.4 Å². The summed E-state index contributed by atoms with van der Waals surface area (Å²) in [4.78, 5) is 41.3. The Morgan fingerprint density at radius 1 is 1.23 bits per heavy atom. The topological polar surface area (TPSA) is 129 Å². The lowest BCUT2D eigenvalue weighted by Gasteiger charge is -2.05. The van der Waals surface area contributed by atoms with E-state index in [1.807, 2.05) is 11.5 Å². The molecule has 3 rings (SSSR count). The van der Waals surface area contributed by atoms with Crippen molar-refractivity contribution >= 4 is 16.7 Å². The number of rotatable bonds is 3. The summed E-state index contributed by atoms with van der Waals surface area (Å²) in [5.41, 5.74) is -0.655. The summed E-state index contributed by atoms with van der Waals surface area (Å²) in [7, 11) is 0. The first kappa shape index (κ1) is 13.7. The van der Waals surface area contributed by atoms with Gasteiger partial charge in [0.2, 0.25) is 0 Å². The van der Waals surface area contributed by atoms with Crippen LogP contribution in [0.3, 0.4) is 0 Å². The minimum absolute atomic E-state index is 0.154. The predicted molar refractivity (Wildman–Crippen MR) is 76.7 cm³/mol. The third-order valence-corrected chi connectivity index (χ3v) is 3.43. The fraction of sp³-hybridized carbons (Fsp3) is 0.154. The van der Waals surface area contributed by atoms with Gasteiger partial charge in [0.1, 0.15) is 18.9 Å². The van der Waals surface area contributed by atoms with Crippen LogP contribution in [0, 0.1) is 17.0 Å². The smallest absolute Gasteiger partial charge is 0.314 e. The van der Waals surface area contributed by atoms with E-state index in [0.717, 1.165) is 5.82 Å². The molecule has 0 unspecified atom stereocenters. The molecular formula is C13H12N5O4+. The van der Waals surface area contributed by atoms with Crippen LogP contribution in [-0.2, 0) is 6.54 Å². The Kier molecular flexibility index (Phi) is 3.09. The number of nitrogens with one attached hydrogen (secondary N) is 3. The molecule has 0 fully saturated rings. The van der Waals surface area contributed by atoms with Gasteiger partial charge in [-0.2, -0.15) is 0 Å². The molecule has 0 bridgehead atoms. The number of hydrogen-bond acceptors (Lipinski definition) is 4. The van der Waals surface area contributed by atoms with Gasteiger partial charge in [-0.25, -0.2) is 9.55 Å². The van der Waals surface area contributed by atoms with E-state index in [2.05, 4.69) is 15.0 Å². The highest BCUT2D eigenvalue weighted by Gasteiger charge is 2.16. The third kappa shape index (κ3) is 2.28. The summed E-state index contributed by atoms with van der Waals surface area (Å²) in [5, 5.41) is 11.0. The zero-order valence-electron chi connectivity index (χ0n) is 11.5. The fourth-order valence-corrected chi connectivity index (χ4v) is 2.31. The average Bonchev–Trinajstić information content (AvgIpc) is 2.86. The summed E-state index contributed by atoms with van der Waals surface area (Å²) in [5.74, 6) is 0.853. The molecule has 3 N–H and O–H groups in total. The molecule has 0 aliphatic heterocycles. The fourth-order valence-electron chi connectivity index (χ4n) is 2.31. The van der Waals surface area contributed by atoms with Gasteiger partial charge in [0.25, 0.3) is 11.5 Å². The number of H-pyrrole nitrogens is 3. The van der Waals surface area contributed by atoms with Gasteiger partial charge in [-0.15, -0.1) is 0 Å². The Morgan fingerprint density at radius 3 is 2.59 bits per heavy atom. The highest BCUT2D eigenvalue weighted by atomic mass is 16.6. The lowest BCUT2D eigenvalue weighted by Crippen LogP contribution is -2.36. The van der Waals surface area contributed by atoms with Gasteiger partial charge in [0.15, 0.2) is 0 Å². The number of nitrogens with zero attached hydrogens (tertiary/aromatic N) is 2. The molecular weight excluding hydrogens is 290 g/mol. The van der Waals surface area contributed by atoms with Gasteiger partial charge in [-0.3, -0.25) is 19.7 Å². The number of fused-ring (bicyclic) bond motifs is 1. The van der Waals surface area contributed by atoms with Crippen molar-refractivity contribution in [3.63, 3.8) is 0 Å². The number of aromatic amines is 3. The molecule has 2 aromatic heterocycles. The number of imidazole rings is 1. The Bertz CT molecular complexity index is 998. The lowest BCUT2D eigenvalue weighted by atomic mass is 10.1. The van der Waals surface area contributed by atoms with Gasteiger partial charge in [0, 0.05) is 24.6 Å². The Hall–Kier alpha value is -3.23. The second-order valence-electron chi connectivity index (χ2n) is 4.87. The highest BCUT2D eigenvalue weighted by molar-refractivity contribution is 5.80. The van der Waals surface area contributed by atoms with Gasteiger partial charge >= 0.3 is 11.1 Å². The first-order chi connectivity index (χ1) is 10.5. The second-order valence-corrected chi connectivity index (χ2v) is 4.87. The summed E-state index contributed by atoms with van der Waals surface area (Å²) in [6, 6.07) is 2.61. The van der Waals surface area contributed by atoms with Crippen molar-refractivity contribution in [1.82, 2.24) is 15.0 Å². The molecule has 3 aromatic rings. The van der Waals surface area contributed by atoms with E-state index in [4.69, 9.17) is 0 Å². The van der Waals surface area contributed by atoms with E-state index in [0.29, 0.717) is 17.6 Å². The van der Waals surface area contributed by atoms with Crippen molar-refractivity contribution in [2.45, 2.75) is 13.5 Å². The van der Waals surface area contributed by atoms with Crippen LogP contribution in [0.15, 0.2) is 34.1 Å². The summed E-state index contributed by atoms with van der Waals surface area (Å²) >= 11 is 0. The minimum Gasteiger partial charge on any atom is -0.316 e. The molecule has 0 aliphatic rings. The van der Waals surface area contributed by atoms with Crippen molar-refractivity contribution in [2.24, 2.45) is 0 Å². The molecule has 0 atom stereocenters. The van der Waals surface area contributed by atoms with E-state index < -0.39 is 16.0 Å². The first-order valence-corrected chi connectivity index (χ1v) is 6.43. The average molecular weight is 302 g/mol. The molecule has 0 aliphatic carbocycles. The molecule has 0 radical (unpaired) electrons. The van der Waals surface area contributed by atoms with Gasteiger partial charge in [-0.05, 0) is 0 Å². The monoisotopic (exact) mass is 302 g/mol. The Morgan fingerprint density at radius 2 is 1.95 bits per heavy atom. The molecule has 1 aromatic carbocycles. The second kappa shape index (κ2) is 4.95. The molecule has 0 saturated heterocycles. The normalized spacial score (nSPS) is 11.0. The van der Waals surface area contributed by atoms with E-state index in [1.165, 1.54) is 12.1 Å². The van der Waals surface area contributed by atoms with Crippen LogP contribution in [0.4, 0.5) is 5.69 Å². The van der Waals surface area contributed by atoms with Crippen LogP contribution in [0.5, 0.6) is 0 Å². The summed E-state index contributed by atoms with van der Waals surface area (Å²) < 4.78 is 1.84. The van der Waals surface area contributed by atoms with E-state index >= 15 is 0 Å². The molecule has 2 heterocycles. The van der Waals surface area contributed by atoms with E-state index in [-0.39, 0.29) is 11.2 Å². The standard InChI is InChI=1S/C13H11N5O4/c1-7-14-2-3-17(7)6-8-4-9(18(21)22)5-10-11(8)16-13(20)12(19)15-10/h2-5H,6H2,1H3,(H2,15,16,19,20)/p+1. The number of non-ortho nitro benzene ring substituents is 1. The maximum atomic E-state index is 11.5. The van der Waals surface area contributed by atoms with Crippen LogP contribution in [0.2, 0.25) is 0 Å². The quantitative estimate of drug-likeness (QED) is 0.274. The molecule has 9 nitrogen and oxygen atoms in total. The van der Waals surface area contributed by atoms with Crippen molar-refractivity contribution < 1.29 is 9.49 Å². The lowest BCUT2D eigenvalue weighted by molar-refractivity contribution is -0.692. The van der Waals surface area contributed by atoms with Crippen molar-refractivity contribution in [1.29, 1.82) is 0 Å². The van der Waals surface area contributed by atoms with Crippen LogP contribution in [0.25, 0.3) is 11.0 Å². The Balaban J connectivity index is 2.28.